The Balaban J connectivity index is 1.43. The molecule has 154 valence electrons. The summed E-state index contributed by atoms with van der Waals surface area (Å²) < 4.78 is 6.33. The number of ether oxygens (including phenoxy) is 1. The molecule has 0 bridgehead atoms. The first-order chi connectivity index (χ1) is 14.8. The Kier molecular flexibility index (Phi) is 6.91. The highest BCUT2D eigenvalue weighted by Gasteiger charge is 2.31. The van der Waals surface area contributed by atoms with E-state index in [1.807, 2.05) is 54.6 Å². The Labute approximate surface area is 178 Å². The van der Waals surface area contributed by atoms with Crippen LogP contribution in [-0.2, 0) is 17.9 Å². The summed E-state index contributed by atoms with van der Waals surface area (Å²) in [4.78, 5) is 15.1. The van der Waals surface area contributed by atoms with E-state index in [1.54, 1.807) is 0 Å². The SMILES string of the molecule is O=C(N[C@H]1CCN(Cc2ccccc2)C[C@H]1OCc1ccccc1)c1ccccc1. The van der Waals surface area contributed by atoms with Crippen LogP contribution in [0.15, 0.2) is 91.0 Å². The summed E-state index contributed by atoms with van der Waals surface area (Å²) in [5, 5.41) is 3.22. The molecule has 4 heteroatoms. The molecular formula is C26H28N2O2. The van der Waals surface area contributed by atoms with Crippen molar-refractivity contribution in [2.24, 2.45) is 0 Å². The number of piperidine rings is 1. The normalized spacial score (nSPS) is 19.3. The van der Waals surface area contributed by atoms with Gasteiger partial charge in [-0.15, -0.1) is 0 Å². The molecule has 1 aliphatic heterocycles. The molecule has 0 saturated carbocycles. The number of amides is 1. The third-order valence-corrected chi connectivity index (χ3v) is 5.55. The highest BCUT2D eigenvalue weighted by atomic mass is 16.5. The van der Waals surface area contributed by atoms with Crippen molar-refractivity contribution in [3.63, 3.8) is 0 Å². The first-order valence-corrected chi connectivity index (χ1v) is 10.6. The molecule has 2 atom stereocenters. The van der Waals surface area contributed by atoms with Gasteiger partial charge >= 0.3 is 0 Å². The predicted molar refractivity (Wildman–Crippen MR) is 119 cm³/mol. The molecule has 0 aliphatic carbocycles. The molecule has 0 radical (unpaired) electrons. The molecule has 1 aliphatic rings. The zero-order chi connectivity index (χ0) is 20.6. The lowest BCUT2D eigenvalue weighted by Gasteiger charge is -2.38. The highest BCUT2D eigenvalue weighted by molar-refractivity contribution is 5.94. The van der Waals surface area contributed by atoms with E-state index < -0.39 is 0 Å². The Hall–Kier alpha value is -2.95. The molecule has 30 heavy (non-hydrogen) atoms. The van der Waals surface area contributed by atoms with Crippen LogP contribution in [0.5, 0.6) is 0 Å². The Bertz CT molecular complexity index is 916. The Morgan fingerprint density at radius 3 is 2.13 bits per heavy atom. The van der Waals surface area contributed by atoms with Crippen LogP contribution >= 0.6 is 0 Å². The minimum atomic E-state index is -0.0599. The maximum absolute atomic E-state index is 12.7. The third-order valence-electron chi connectivity index (χ3n) is 5.55. The number of nitrogens with one attached hydrogen (secondary N) is 1. The van der Waals surface area contributed by atoms with Crippen molar-refractivity contribution in [1.29, 1.82) is 0 Å². The van der Waals surface area contributed by atoms with E-state index in [1.165, 1.54) is 5.56 Å². The minimum absolute atomic E-state index is 0.00607. The van der Waals surface area contributed by atoms with Crippen molar-refractivity contribution < 1.29 is 9.53 Å². The molecule has 1 heterocycles. The lowest BCUT2D eigenvalue weighted by Crippen LogP contribution is -2.54. The number of rotatable bonds is 7. The van der Waals surface area contributed by atoms with Crippen LogP contribution in [0.1, 0.15) is 27.9 Å². The predicted octanol–water partition coefficient (Wildman–Crippen LogP) is 4.28. The summed E-state index contributed by atoms with van der Waals surface area (Å²) in [7, 11) is 0. The van der Waals surface area contributed by atoms with Crippen LogP contribution in [0, 0.1) is 0 Å². The van der Waals surface area contributed by atoms with E-state index in [2.05, 4.69) is 46.6 Å². The summed E-state index contributed by atoms with van der Waals surface area (Å²) in [6.07, 6.45) is 0.806. The molecule has 1 amide bonds. The van der Waals surface area contributed by atoms with Gasteiger partial charge in [0.2, 0.25) is 0 Å². The fourth-order valence-corrected chi connectivity index (χ4v) is 3.92. The lowest BCUT2D eigenvalue weighted by molar-refractivity contribution is -0.0315. The van der Waals surface area contributed by atoms with Crippen LogP contribution in [-0.4, -0.2) is 36.0 Å². The minimum Gasteiger partial charge on any atom is -0.370 e. The van der Waals surface area contributed by atoms with E-state index in [-0.39, 0.29) is 18.1 Å². The second-order valence-corrected chi connectivity index (χ2v) is 7.79. The summed E-state index contributed by atoms with van der Waals surface area (Å²) in [6, 6.07) is 30.1. The number of likely N-dealkylation sites (tertiary alicyclic amines) is 1. The fourth-order valence-electron chi connectivity index (χ4n) is 3.92. The van der Waals surface area contributed by atoms with Crippen molar-refractivity contribution in [3.05, 3.63) is 108 Å². The van der Waals surface area contributed by atoms with Crippen LogP contribution in [0.3, 0.4) is 0 Å². The molecule has 3 aromatic rings. The van der Waals surface area contributed by atoms with Gasteiger partial charge in [-0.3, -0.25) is 9.69 Å². The number of benzene rings is 3. The molecule has 0 unspecified atom stereocenters. The topological polar surface area (TPSA) is 41.6 Å². The van der Waals surface area contributed by atoms with E-state index >= 15 is 0 Å². The van der Waals surface area contributed by atoms with E-state index in [0.717, 1.165) is 31.6 Å². The smallest absolute Gasteiger partial charge is 0.251 e. The number of carbonyl (C=O) groups is 1. The van der Waals surface area contributed by atoms with Gasteiger partial charge in [-0.25, -0.2) is 0 Å². The Morgan fingerprint density at radius 1 is 0.867 bits per heavy atom. The molecule has 0 spiro atoms. The van der Waals surface area contributed by atoms with Gasteiger partial charge < -0.3 is 10.1 Å². The summed E-state index contributed by atoms with van der Waals surface area (Å²) in [5.41, 5.74) is 3.13. The zero-order valence-corrected chi connectivity index (χ0v) is 17.1. The van der Waals surface area contributed by atoms with Crippen molar-refractivity contribution in [3.8, 4) is 0 Å². The van der Waals surface area contributed by atoms with E-state index in [4.69, 9.17) is 4.74 Å². The molecule has 4 nitrogen and oxygen atoms in total. The standard InChI is InChI=1S/C26H28N2O2/c29-26(23-14-8-3-9-15-23)27-24-16-17-28(18-21-10-4-1-5-11-21)19-25(24)30-20-22-12-6-2-7-13-22/h1-15,24-25H,16-20H2,(H,27,29)/t24-,25+/m0/s1. The van der Waals surface area contributed by atoms with E-state index in [0.29, 0.717) is 12.2 Å². The van der Waals surface area contributed by atoms with Gasteiger partial charge in [0.15, 0.2) is 0 Å². The van der Waals surface area contributed by atoms with Gasteiger partial charge in [-0.1, -0.05) is 78.9 Å². The van der Waals surface area contributed by atoms with Gasteiger partial charge in [0.05, 0.1) is 18.8 Å². The molecule has 4 rings (SSSR count). The first-order valence-electron chi connectivity index (χ1n) is 10.6. The number of nitrogens with zero attached hydrogens (tertiary/aromatic N) is 1. The monoisotopic (exact) mass is 400 g/mol. The molecule has 1 saturated heterocycles. The second kappa shape index (κ2) is 10.2. The van der Waals surface area contributed by atoms with Gasteiger partial charge in [0, 0.05) is 25.2 Å². The quantitative estimate of drug-likeness (QED) is 0.644. The van der Waals surface area contributed by atoms with Crippen molar-refractivity contribution in [1.82, 2.24) is 10.2 Å². The maximum Gasteiger partial charge on any atom is 0.251 e. The zero-order valence-electron chi connectivity index (χ0n) is 17.1. The van der Waals surface area contributed by atoms with Crippen LogP contribution in [0.2, 0.25) is 0 Å². The largest absolute Gasteiger partial charge is 0.370 e. The Morgan fingerprint density at radius 2 is 1.47 bits per heavy atom. The number of carbonyl (C=O) groups excluding carboxylic acids is 1. The van der Waals surface area contributed by atoms with Gasteiger partial charge in [0.1, 0.15) is 0 Å². The van der Waals surface area contributed by atoms with Crippen molar-refractivity contribution >= 4 is 5.91 Å². The first kappa shape index (κ1) is 20.3. The molecular weight excluding hydrogens is 372 g/mol. The van der Waals surface area contributed by atoms with Gasteiger partial charge in [0.25, 0.3) is 5.91 Å². The van der Waals surface area contributed by atoms with Crippen LogP contribution < -0.4 is 5.32 Å². The third kappa shape index (κ3) is 5.56. The average molecular weight is 401 g/mol. The lowest BCUT2D eigenvalue weighted by atomic mass is 10.00. The summed E-state index contributed by atoms with van der Waals surface area (Å²) in [6.45, 7) is 3.16. The molecule has 1 fully saturated rings. The highest BCUT2D eigenvalue weighted by Crippen LogP contribution is 2.19. The average Bonchev–Trinajstić information content (AvgIpc) is 2.81. The van der Waals surface area contributed by atoms with Crippen LogP contribution in [0.4, 0.5) is 0 Å². The number of hydrogen-bond acceptors (Lipinski definition) is 3. The molecule has 1 N–H and O–H groups in total. The maximum atomic E-state index is 12.7. The van der Waals surface area contributed by atoms with Crippen LogP contribution in [0.25, 0.3) is 0 Å². The van der Waals surface area contributed by atoms with E-state index in [9.17, 15) is 4.79 Å². The second-order valence-electron chi connectivity index (χ2n) is 7.79. The summed E-state index contributed by atoms with van der Waals surface area (Å²) in [5.74, 6) is -0.0366. The molecule has 3 aromatic carbocycles. The summed E-state index contributed by atoms with van der Waals surface area (Å²) >= 11 is 0. The molecule has 0 aromatic heterocycles. The van der Waals surface area contributed by atoms with Crippen molar-refractivity contribution in [2.45, 2.75) is 31.7 Å². The van der Waals surface area contributed by atoms with Gasteiger partial charge in [-0.2, -0.15) is 0 Å². The van der Waals surface area contributed by atoms with Crippen molar-refractivity contribution in [2.75, 3.05) is 13.1 Å². The fraction of sp³-hybridized carbons (Fsp3) is 0.269. The van der Waals surface area contributed by atoms with Gasteiger partial charge in [-0.05, 0) is 29.7 Å². The number of hydrogen-bond donors (Lipinski definition) is 1.